The monoisotopic (exact) mass is 790 g/mol. The van der Waals surface area contributed by atoms with Crippen molar-refractivity contribution in [1.82, 2.24) is 4.57 Å². The highest BCUT2D eigenvalue weighted by Crippen LogP contribution is 2.47. The Morgan fingerprint density at radius 3 is 1.27 bits per heavy atom. The molecule has 0 bridgehead atoms. The smallest absolute Gasteiger partial charge is 0.0541 e. The van der Waals surface area contributed by atoms with Gasteiger partial charge in [-0.1, -0.05) is 200 Å². The average Bonchev–Trinajstić information content (AvgIpc) is 3.69. The topological polar surface area (TPSA) is 8.17 Å². The number of hydrogen-bond donors (Lipinski definition) is 0. The molecule has 0 amide bonds. The van der Waals surface area contributed by atoms with Gasteiger partial charge >= 0.3 is 0 Å². The minimum absolute atomic E-state index is 1.06. The number of rotatable bonds is 9. The van der Waals surface area contributed by atoms with Crippen LogP contribution in [0, 0.1) is 0 Å². The fraction of sp³-hybridized carbons (Fsp3) is 0. The quantitative estimate of drug-likeness (QED) is 0.141. The van der Waals surface area contributed by atoms with Gasteiger partial charge in [0.2, 0.25) is 0 Å². The van der Waals surface area contributed by atoms with Crippen LogP contribution in [-0.4, -0.2) is 4.57 Å². The van der Waals surface area contributed by atoms with Crippen LogP contribution < -0.4 is 4.90 Å². The molecule has 0 saturated heterocycles. The molecule has 0 unspecified atom stereocenters. The first-order valence-electron chi connectivity index (χ1n) is 21.3. The van der Waals surface area contributed by atoms with E-state index in [9.17, 15) is 0 Å². The van der Waals surface area contributed by atoms with Gasteiger partial charge in [-0.3, -0.25) is 0 Å². The van der Waals surface area contributed by atoms with Gasteiger partial charge in [-0.15, -0.1) is 0 Å². The number of nitrogens with zero attached hydrogens (tertiary/aromatic N) is 2. The van der Waals surface area contributed by atoms with Crippen molar-refractivity contribution in [1.29, 1.82) is 0 Å². The number of benzene rings is 10. The van der Waals surface area contributed by atoms with Gasteiger partial charge < -0.3 is 9.47 Å². The van der Waals surface area contributed by atoms with Gasteiger partial charge in [0, 0.05) is 33.4 Å². The molecule has 0 fully saturated rings. The molecule has 1 aromatic heterocycles. The van der Waals surface area contributed by atoms with E-state index in [0.717, 1.165) is 45.0 Å². The van der Waals surface area contributed by atoms with Crippen molar-refractivity contribution in [2.75, 3.05) is 4.90 Å². The van der Waals surface area contributed by atoms with Crippen LogP contribution in [0.5, 0.6) is 0 Å². The Hall–Kier alpha value is -8.20. The molecule has 0 saturated carbocycles. The van der Waals surface area contributed by atoms with E-state index in [1.165, 1.54) is 55.2 Å². The second kappa shape index (κ2) is 16.1. The summed E-state index contributed by atoms with van der Waals surface area (Å²) in [4.78, 5) is 2.46. The normalized spacial score (nSPS) is 11.2. The molecule has 10 aromatic carbocycles. The van der Waals surface area contributed by atoms with Crippen molar-refractivity contribution in [3.63, 3.8) is 0 Å². The first kappa shape index (κ1) is 36.8. The lowest BCUT2D eigenvalue weighted by Gasteiger charge is -2.30. The van der Waals surface area contributed by atoms with Gasteiger partial charge in [0.1, 0.15) is 0 Å². The second-order valence-corrected chi connectivity index (χ2v) is 15.7. The van der Waals surface area contributed by atoms with Gasteiger partial charge in [0.25, 0.3) is 0 Å². The van der Waals surface area contributed by atoms with Crippen LogP contribution in [0.25, 0.3) is 83.1 Å². The molecular weight excluding hydrogens is 749 g/mol. The third kappa shape index (κ3) is 6.74. The lowest BCUT2D eigenvalue weighted by atomic mass is 9.88. The fourth-order valence-corrected chi connectivity index (χ4v) is 9.17. The summed E-state index contributed by atoms with van der Waals surface area (Å²) in [6, 6.07) is 92.2. The summed E-state index contributed by atoms with van der Waals surface area (Å²) in [6.45, 7) is 0. The van der Waals surface area contributed by atoms with E-state index in [-0.39, 0.29) is 0 Å². The summed E-state index contributed by atoms with van der Waals surface area (Å²) < 4.78 is 2.41. The summed E-state index contributed by atoms with van der Waals surface area (Å²) in [5, 5.41) is 2.48. The maximum absolute atomic E-state index is 2.46. The molecule has 62 heavy (non-hydrogen) atoms. The lowest BCUT2D eigenvalue weighted by Crippen LogP contribution is -2.12. The average molecular weight is 791 g/mol. The number of fused-ring (bicyclic) bond motifs is 3. The Kier molecular flexibility index (Phi) is 9.57. The lowest BCUT2D eigenvalue weighted by molar-refractivity contribution is 1.17. The van der Waals surface area contributed by atoms with Crippen molar-refractivity contribution in [2.24, 2.45) is 0 Å². The van der Waals surface area contributed by atoms with Crippen molar-refractivity contribution in [3.8, 4) is 61.3 Å². The van der Waals surface area contributed by atoms with Gasteiger partial charge in [-0.25, -0.2) is 0 Å². The predicted molar refractivity (Wildman–Crippen MR) is 263 cm³/mol. The minimum atomic E-state index is 1.06. The van der Waals surface area contributed by atoms with E-state index in [1.807, 2.05) is 0 Å². The van der Waals surface area contributed by atoms with Crippen LogP contribution in [-0.2, 0) is 0 Å². The Morgan fingerprint density at radius 1 is 0.258 bits per heavy atom. The fourth-order valence-electron chi connectivity index (χ4n) is 9.17. The Labute approximate surface area is 362 Å². The molecule has 1 heterocycles. The highest BCUT2D eigenvalue weighted by atomic mass is 15.1. The molecular formula is C60H42N2. The Morgan fingerprint density at radius 2 is 0.694 bits per heavy atom. The van der Waals surface area contributed by atoms with Gasteiger partial charge in [-0.05, 0) is 105 Å². The molecule has 0 aliphatic carbocycles. The zero-order chi connectivity index (χ0) is 41.2. The van der Waals surface area contributed by atoms with Crippen LogP contribution in [0.1, 0.15) is 0 Å². The Bertz CT molecular complexity index is 3240. The third-order valence-electron chi connectivity index (χ3n) is 12.0. The molecule has 0 N–H and O–H groups in total. The molecule has 2 heteroatoms. The molecule has 292 valence electrons. The highest BCUT2D eigenvalue weighted by molar-refractivity contribution is 6.09. The molecule has 0 aliphatic heterocycles. The molecule has 11 aromatic rings. The number of anilines is 3. The maximum Gasteiger partial charge on any atom is 0.0541 e. The second-order valence-electron chi connectivity index (χ2n) is 15.7. The SMILES string of the molecule is c1ccc(-c2cc(-c3ccccc3)cc(N(c3cccc(-n4c5ccccc5c5ccccc54)c3)c3ccccc3-c3ccccc3-c3ccccc3-c3ccccc3)c2)cc1. The predicted octanol–water partition coefficient (Wildman–Crippen LogP) is 16.6. The van der Waals surface area contributed by atoms with E-state index >= 15 is 0 Å². The van der Waals surface area contributed by atoms with E-state index in [1.54, 1.807) is 0 Å². The van der Waals surface area contributed by atoms with Crippen LogP contribution in [0.3, 0.4) is 0 Å². The summed E-state index contributed by atoms with van der Waals surface area (Å²) in [7, 11) is 0. The van der Waals surface area contributed by atoms with Crippen LogP contribution in [0.4, 0.5) is 17.1 Å². The van der Waals surface area contributed by atoms with E-state index < -0.39 is 0 Å². The third-order valence-corrected chi connectivity index (χ3v) is 12.0. The molecule has 2 nitrogen and oxygen atoms in total. The molecule has 11 rings (SSSR count). The summed E-state index contributed by atoms with van der Waals surface area (Å²) in [5.74, 6) is 0. The zero-order valence-electron chi connectivity index (χ0n) is 34.1. The van der Waals surface area contributed by atoms with Crippen molar-refractivity contribution in [2.45, 2.75) is 0 Å². The van der Waals surface area contributed by atoms with Crippen molar-refractivity contribution in [3.05, 3.63) is 255 Å². The maximum atomic E-state index is 2.46. The van der Waals surface area contributed by atoms with E-state index in [4.69, 9.17) is 0 Å². The molecule has 0 atom stereocenters. The largest absolute Gasteiger partial charge is 0.310 e. The highest BCUT2D eigenvalue weighted by Gasteiger charge is 2.22. The van der Waals surface area contributed by atoms with Crippen LogP contribution in [0.15, 0.2) is 255 Å². The number of para-hydroxylation sites is 3. The van der Waals surface area contributed by atoms with Crippen molar-refractivity contribution >= 4 is 38.9 Å². The number of aromatic nitrogens is 1. The standard InChI is InChI=1S/C60H42N2/c1-4-21-43(22-5-1)46-39-47(44-23-6-2-7-24-44)41-50(40-46)61(48-27-20-28-49(42-48)62-59-37-18-15-34-56(59)57-35-16-19-38-60(57)62)58-36-17-14-33-55(58)54-32-13-12-31-53(54)52-30-11-10-29-51(52)45-25-8-3-9-26-45/h1-42H. The first-order valence-corrected chi connectivity index (χ1v) is 21.3. The molecule has 0 spiro atoms. The zero-order valence-corrected chi connectivity index (χ0v) is 34.1. The Balaban J connectivity index is 1.18. The van der Waals surface area contributed by atoms with E-state index in [2.05, 4.69) is 264 Å². The number of hydrogen-bond acceptors (Lipinski definition) is 1. The summed E-state index contributed by atoms with van der Waals surface area (Å²) >= 11 is 0. The minimum Gasteiger partial charge on any atom is -0.310 e. The van der Waals surface area contributed by atoms with Crippen LogP contribution >= 0.6 is 0 Å². The van der Waals surface area contributed by atoms with Crippen molar-refractivity contribution < 1.29 is 0 Å². The van der Waals surface area contributed by atoms with Gasteiger partial charge in [0.15, 0.2) is 0 Å². The molecule has 0 radical (unpaired) electrons. The van der Waals surface area contributed by atoms with E-state index in [0.29, 0.717) is 0 Å². The summed E-state index contributed by atoms with van der Waals surface area (Å²) in [5.41, 5.74) is 18.4. The molecule has 0 aliphatic rings. The van der Waals surface area contributed by atoms with Gasteiger partial charge in [0.05, 0.1) is 16.7 Å². The summed E-state index contributed by atoms with van der Waals surface area (Å²) in [6.07, 6.45) is 0. The van der Waals surface area contributed by atoms with Gasteiger partial charge in [-0.2, -0.15) is 0 Å². The van der Waals surface area contributed by atoms with Crippen LogP contribution in [0.2, 0.25) is 0 Å². The first-order chi connectivity index (χ1) is 30.8.